The second-order valence-electron chi connectivity index (χ2n) is 7.49. The highest BCUT2D eigenvalue weighted by atomic mass is 16.7. The maximum atomic E-state index is 12.8. The number of aromatic nitrogens is 2. The highest BCUT2D eigenvalue weighted by Crippen LogP contribution is 2.23. The quantitative estimate of drug-likeness (QED) is 0.181. The van der Waals surface area contributed by atoms with E-state index >= 15 is 0 Å². The summed E-state index contributed by atoms with van der Waals surface area (Å²) in [6.45, 7) is 4.06. The van der Waals surface area contributed by atoms with E-state index < -0.39 is 24.6 Å². The molecule has 1 aromatic carbocycles. The molecule has 0 fully saturated rings. The number of nitrogens with zero attached hydrogens (tertiary/aromatic N) is 2. The summed E-state index contributed by atoms with van der Waals surface area (Å²) in [5, 5.41) is 10.2. The lowest BCUT2D eigenvalue weighted by atomic mass is 10.1. The molecule has 182 valence electrons. The van der Waals surface area contributed by atoms with Crippen LogP contribution in [-0.4, -0.2) is 45.6 Å². The Hall–Kier alpha value is -4.51. The van der Waals surface area contributed by atoms with E-state index in [4.69, 9.17) is 4.74 Å². The summed E-state index contributed by atoms with van der Waals surface area (Å²) in [6.07, 6.45) is 3.63. The van der Waals surface area contributed by atoms with Crippen LogP contribution >= 0.6 is 0 Å². The van der Waals surface area contributed by atoms with Crippen LogP contribution in [0.3, 0.4) is 0 Å². The summed E-state index contributed by atoms with van der Waals surface area (Å²) in [5.41, 5.74) is 7.61. The number of pyridine rings is 1. The van der Waals surface area contributed by atoms with Crippen LogP contribution in [0.15, 0.2) is 42.7 Å². The van der Waals surface area contributed by atoms with Gasteiger partial charge >= 0.3 is 11.9 Å². The van der Waals surface area contributed by atoms with Crippen molar-refractivity contribution in [1.29, 1.82) is 0 Å². The molecule has 3 aromatic rings. The van der Waals surface area contributed by atoms with Gasteiger partial charge in [-0.1, -0.05) is 0 Å². The van der Waals surface area contributed by atoms with Crippen LogP contribution in [0.1, 0.15) is 54.9 Å². The molecule has 0 aliphatic rings. The van der Waals surface area contributed by atoms with Crippen LogP contribution < -0.4 is 10.9 Å². The van der Waals surface area contributed by atoms with Gasteiger partial charge in [-0.2, -0.15) is 0 Å². The van der Waals surface area contributed by atoms with Gasteiger partial charge in [-0.05, 0) is 44.2 Å². The molecule has 3 rings (SSSR count). The Kier molecular flexibility index (Phi) is 7.95. The Morgan fingerprint density at radius 1 is 1.17 bits per heavy atom. The van der Waals surface area contributed by atoms with Crippen LogP contribution in [0.25, 0.3) is 5.69 Å². The lowest BCUT2D eigenvalue weighted by Crippen LogP contribution is -2.37. The molecule has 35 heavy (non-hydrogen) atoms. The van der Waals surface area contributed by atoms with Crippen LogP contribution in [-0.2, 0) is 20.8 Å². The Balaban J connectivity index is 1.80. The molecule has 3 N–H and O–H groups in total. The fourth-order valence-electron chi connectivity index (χ4n) is 3.26. The monoisotopic (exact) mass is 480 g/mol. The standard InChI is InChI=1S/C24H24N4O7/c1-14-5-4-8-28(14)21-9-17(6-7-19(21)24(33)35-13-34-16(3)30)23(32)27-26-11-20-18(12-29)10-25-15(2)22(20)31/h4-10,12,26,31H,11,13H2,1-3H3,(H,27,32). The number of ether oxygens (including phenoxy) is 2. The van der Waals surface area contributed by atoms with Crippen molar-refractivity contribution < 1.29 is 33.8 Å². The molecule has 2 heterocycles. The summed E-state index contributed by atoms with van der Waals surface area (Å²) in [4.78, 5) is 51.5. The molecule has 11 heteroatoms. The van der Waals surface area contributed by atoms with Crippen molar-refractivity contribution in [3.63, 3.8) is 0 Å². The number of aldehydes is 1. The van der Waals surface area contributed by atoms with E-state index in [1.165, 1.54) is 31.3 Å². The zero-order valence-corrected chi connectivity index (χ0v) is 19.3. The number of aromatic hydroxyl groups is 1. The SMILES string of the molecule is CC(=O)OCOC(=O)c1ccc(C(=O)NNCc2c(C=O)cnc(C)c2O)cc1-n1cccc1C. The number of esters is 2. The van der Waals surface area contributed by atoms with E-state index in [1.807, 2.05) is 13.0 Å². The molecule has 0 bridgehead atoms. The predicted molar refractivity (Wildman–Crippen MR) is 123 cm³/mol. The van der Waals surface area contributed by atoms with Gasteiger partial charge in [0, 0.05) is 48.2 Å². The predicted octanol–water partition coefficient (Wildman–Crippen LogP) is 2.12. The lowest BCUT2D eigenvalue weighted by Gasteiger charge is -2.15. The van der Waals surface area contributed by atoms with Crippen LogP contribution in [0.2, 0.25) is 0 Å². The molecule has 0 radical (unpaired) electrons. The second kappa shape index (κ2) is 11.1. The molecule has 1 amide bonds. The smallest absolute Gasteiger partial charge is 0.343 e. The average molecular weight is 480 g/mol. The van der Waals surface area contributed by atoms with Gasteiger partial charge in [-0.15, -0.1) is 0 Å². The summed E-state index contributed by atoms with van der Waals surface area (Å²) < 4.78 is 11.4. The van der Waals surface area contributed by atoms with Gasteiger partial charge in [-0.25, -0.2) is 10.2 Å². The third-order valence-corrected chi connectivity index (χ3v) is 5.11. The third-order valence-electron chi connectivity index (χ3n) is 5.11. The molecule has 0 saturated heterocycles. The number of hydrogen-bond acceptors (Lipinski definition) is 9. The topological polar surface area (TPSA) is 149 Å². The third kappa shape index (κ3) is 5.89. The van der Waals surface area contributed by atoms with E-state index in [0.29, 0.717) is 23.2 Å². The van der Waals surface area contributed by atoms with Gasteiger partial charge in [0.1, 0.15) is 5.75 Å². The minimum absolute atomic E-state index is 0.0286. The van der Waals surface area contributed by atoms with E-state index in [-0.39, 0.29) is 29.0 Å². The Morgan fingerprint density at radius 3 is 2.60 bits per heavy atom. The first kappa shape index (κ1) is 25.1. The number of carbonyl (C=O) groups excluding carboxylic acids is 4. The number of aryl methyl sites for hydroxylation is 2. The van der Waals surface area contributed by atoms with Gasteiger partial charge in [0.25, 0.3) is 5.91 Å². The highest BCUT2D eigenvalue weighted by Gasteiger charge is 2.19. The lowest BCUT2D eigenvalue weighted by molar-refractivity contribution is -0.149. The zero-order valence-electron chi connectivity index (χ0n) is 19.3. The summed E-state index contributed by atoms with van der Waals surface area (Å²) in [6, 6.07) is 7.99. The number of carbonyl (C=O) groups is 4. The maximum absolute atomic E-state index is 12.8. The first-order chi connectivity index (χ1) is 16.7. The van der Waals surface area contributed by atoms with Crippen molar-refractivity contribution >= 4 is 24.1 Å². The molecule has 0 aliphatic heterocycles. The molecule has 2 aromatic heterocycles. The number of hydrazine groups is 1. The van der Waals surface area contributed by atoms with E-state index in [0.717, 1.165) is 5.69 Å². The largest absolute Gasteiger partial charge is 0.506 e. The van der Waals surface area contributed by atoms with Crippen molar-refractivity contribution in [1.82, 2.24) is 20.4 Å². The molecule has 0 spiro atoms. The van der Waals surface area contributed by atoms with Crippen molar-refractivity contribution in [2.45, 2.75) is 27.3 Å². The number of nitrogens with one attached hydrogen (secondary N) is 2. The van der Waals surface area contributed by atoms with E-state index in [1.54, 1.807) is 23.8 Å². The number of hydrogen-bond donors (Lipinski definition) is 3. The number of rotatable bonds is 9. The van der Waals surface area contributed by atoms with Gasteiger partial charge in [0.15, 0.2) is 6.29 Å². The van der Waals surface area contributed by atoms with Crippen LogP contribution in [0.5, 0.6) is 5.75 Å². The van der Waals surface area contributed by atoms with Crippen molar-refractivity contribution in [3.8, 4) is 11.4 Å². The van der Waals surface area contributed by atoms with Crippen molar-refractivity contribution in [2.75, 3.05) is 6.79 Å². The number of amides is 1. The zero-order chi connectivity index (χ0) is 25.5. The molecule has 0 atom stereocenters. The summed E-state index contributed by atoms with van der Waals surface area (Å²) in [7, 11) is 0. The van der Waals surface area contributed by atoms with Gasteiger partial charge in [0.05, 0.1) is 16.9 Å². The van der Waals surface area contributed by atoms with Crippen LogP contribution in [0, 0.1) is 13.8 Å². The second-order valence-corrected chi connectivity index (χ2v) is 7.49. The summed E-state index contributed by atoms with van der Waals surface area (Å²) in [5.74, 6) is -1.98. The normalized spacial score (nSPS) is 10.5. The summed E-state index contributed by atoms with van der Waals surface area (Å²) >= 11 is 0. The molecular formula is C24H24N4O7. The van der Waals surface area contributed by atoms with Gasteiger partial charge in [-0.3, -0.25) is 24.8 Å². The minimum atomic E-state index is -0.732. The Labute approximate surface area is 200 Å². The molecular weight excluding hydrogens is 456 g/mol. The highest BCUT2D eigenvalue weighted by molar-refractivity contribution is 5.98. The van der Waals surface area contributed by atoms with Crippen LogP contribution in [0.4, 0.5) is 0 Å². The minimum Gasteiger partial charge on any atom is -0.506 e. The average Bonchev–Trinajstić information content (AvgIpc) is 3.26. The van der Waals surface area contributed by atoms with E-state index in [2.05, 4.69) is 20.6 Å². The Bertz CT molecular complexity index is 1280. The number of benzene rings is 1. The molecule has 0 aliphatic carbocycles. The van der Waals surface area contributed by atoms with E-state index in [9.17, 15) is 24.3 Å². The Morgan fingerprint density at radius 2 is 1.94 bits per heavy atom. The maximum Gasteiger partial charge on any atom is 0.343 e. The van der Waals surface area contributed by atoms with Crippen molar-refractivity contribution in [3.05, 3.63) is 76.4 Å². The first-order valence-electron chi connectivity index (χ1n) is 10.5. The first-order valence-corrected chi connectivity index (χ1v) is 10.5. The molecule has 0 saturated carbocycles. The van der Waals surface area contributed by atoms with Gasteiger partial charge in [0.2, 0.25) is 6.79 Å². The fraction of sp³-hybridized carbons (Fsp3) is 0.208. The molecule has 11 nitrogen and oxygen atoms in total. The van der Waals surface area contributed by atoms with Crippen molar-refractivity contribution in [2.24, 2.45) is 0 Å². The fourth-order valence-corrected chi connectivity index (χ4v) is 3.26. The molecule has 0 unspecified atom stereocenters. The van der Waals surface area contributed by atoms with Gasteiger partial charge < -0.3 is 19.1 Å².